The van der Waals surface area contributed by atoms with Crippen LogP contribution in [0.1, 0.15) is 38.7 Å². The molecule has 0 unspecified atom stereocenters. The van der Waals surface area contributed by atoms with Crippen molar-refractivity contribution >= 4 is 0 Å². The van der Waals surface area contributed by atoms with Crippen LogP contribution in [0.15, 0.2) is 24.5 Å². The van der Waals surface area contributed by atoms with Gasteiger partial charge in [0.15, 0.2) is 12.4 Å². The van der Waals surface area contributed by atoms with E-state index in [-0.39, 0.29) is 0 Å². The van der Waals surface area contributed by atoms with Gasteiger partial charge in [0.2, 0.25) is 0 Å². The van der Waals surface area contributed by atoms with Crippen molar-refractivity contribution in [3.05, 3.63) is 30.1 Å². The third kappa shape index (κ3) is 2.33. The lowest BCUT2D eigenvalue weighted by atomic mass is 10.1. The molecule has 0 saturated carbocycles. The van der Waals surface area contributed by atoms with Gasteiger partial charge in [0.1, 0.15) is 6.54 Å². The monoisotopic (exact) mass is 164 g/mol. The summed E-state index contributed by atoms with van der Waals surface area (Å²) in [6, 6.07) is 4.42. The van der Waals surface area contributed by atoms with Crippen molar-refractivity contribution in [2.24, 2.45) is 0 Å². The Labute approximate surface area is 75.1 Å². The highest BCUT2D eigenvalue weighted by atomic mass is 14.9. The predicted molar refractivity (Wildman–Crippen MR) is 51.0 cm³/mol. The van der Waals surface area contributed by atoms with E-state index in [1.54, 1.807) is 0 Å². The van der Waals surface area contributed by atoms with Crippen LogP contribution in [-0.4, -0.2) is 0 Å². The van der Waals surface area contributed by atoms with Crippen LogP contribution >= 0.6 is 0 Å². The van der Waals surface area contributed by atoms with E-state index in [2.05, 4.69) is 49.9 Å². The number of aryl methyl sites for hydroxylation is 1. The Morgan fingerprint density at radius 1 is 1.25 bits per heavy atom. The van der Waals surface area contributed by atoms with Gasteiger partial charge in [-0.15, -0.1) is 0 Å². The van der Waals surface area contributed by atoms with Crippen LogP contribution in [0.4, 0.5) is 0 Å². The maximum absolute atomic E-state index is 2.23. The molecule has 0 aliphatic rings. The number of hydrogen-bond acceptors (Lipinski definition) is 0. The summed E-state index contributed by atoms with van der Waals surface area (Å²) < 4.78 is 2.23. The van der Waals surface area contributed by atoms with E-state index in [4.69, 9.17) is 0 Å². The molecule has 1 aromatic heterocycles. The predicted octanol–water partition coefficient (Wildman–Crippen LogP) is 2.51. The molecular weight excluding hydrogens is 146 g/mol. The fourth-order valence-corrected chi connectivity index (χ4v) is 1.26. The standard InChI is InChI=1S/C11H18N/c1-4-7-12-8-5-11(6-9-12)10(2)3/h5-6,8-10H,4,7H2,1-3H3/q+1. The molecule has 1 nitrogen and oxygen atoms in total. The molecule has 0 aromatic carbocycles. The van der Waals surface area contributed by atoms with E-state index in [9.17, 15) is 0 Å². The van der Waals surface area contributed by atoms with Crippen LogP contribution in [0, 0.1) is 0 Å². The molecule has 0 saturated heterocycles. The molecule has 0 atom stereocenters. The molecule has 0 aliphatic carbocycles. The van der Waals surface area contributed by atoms with Crippen molar-refractivity contribution in [2.75, 3.05) is 0 Å². The summed E-state index contributed by atoms with van der Waals surface area (Å²) in [5.41, 5.74) is 1.42. The Bertz CT molecular complexity index is 223. The molecule has 0 spiro atoms. The molecule has 0 radical (unpaired) electrons. The second-order valence-electron chi connectivity index (χ2n) is 3.52. The Balaban J connectivity index is 2.71. The summed E-state index contributed by atoms with van der Waals surface area (Å²) in [6.07, 6.45) is 5.53. The lowest BCUT2D eigenvalue weighted by Gasteiger charge is -2.02. The van der Waals surface area contributed by atoms with Gasteiger partial charge < -0.3 is 0 Å². The average molecular weight is 164 g/mol. The second-order valence-corrected chi connectivity index (χ2v) is 3.52. The first kappa shape index (κ1) is 9.24. The largest absolute Gasteiger partial charge is 0.205 e. The maximum Gasteiger partial charge on any atom is 0.169 e. The third-order valence-electron chi connectivity index (χ3n) is 2.07. The molecule has 1 rings (SSSR count). The summed E-state index contributed by atoms with van der Waals surface area (Å²) >= 11 is 0. The molecule has 0 N–H and O–H groups in total. The fraction of sp³-hybridized carbons (Fsp3) is 0.545. The van der Waals surface area contributed by atoms with Crippen molar-refractivity contribution in [1.29, 1.82) is 0 Å². The smallest absolute Gasteiger partial charge is 0.169 e. The number of aromatic nitrogens is 1. The first-order chi connectivity index (χ1) is 5.74. The van der Waals surface area contributed by atoms with Gasteiger partial charge in [-0.2, -0.15) is 0 Å². The molecule has 12 heavy (non-hydrogen) atoms. The molecule has 0 amide bonds. The van der Waals surface area contributed by atoms with E-state index < -0.39 is 0 Å². The summed E-state index contributed by atoms with van der Waals surface area (Å²) in [6.45, 7) is 7.76. The molecule has 1 heteroatoms. The number of pyridine rings is 1. The quantitative estimate of drug-likeness (QED) is 0.604. The highest BCUT2D eigenvalue weighted by Crippen LogP contribution is 2.10. The Kier molecular flexibility index (Phi) is 3.27. The van der Waals surface area contributed by atoms with Crippen LogP contribution in [0.25, 0.3) is 0 Å². The zero-order valence-corrected chi connectivity index (χ0v) is 8.25. The van der Waals surface area contributed by atoms with Crippen LogP contribution in [0.3, 0.4) is 0 Å². The van der Waals surface area contributed by atoms with Crippen molar-refractivity contribution in [3.63, 3.8) is 0 Å². The highest BCUT2D eigenvalue weighted by Gasteiger charge is 2.01. The summed E-state index contributed by atoms with van der Waals surface area (Å²) in [4.78, 5) is 0. The summed E-state index contributed by atoms with van der Waals surface area (Å²) in [7, 11) is 0. The number of hydrogen-bond donors (Lipinski definition) is 0. The summed E-state index contributed by atoms with van der Waals surface area (Å²) in [5.74, 6) is 0.640. The molecule has 0 bridgehead atoms. The Morgan fingerprint density at radius 2 is 1.83 bits per heavy atom. The van der Waals surface area contributed by atoms with Gasteiger partial charge in [0.05, 0.1) is 0 Å². The van der Waals surface area contributed by atoms with Gasteiger partial charge in [-0.05, 0) is 11.5 Å². The van der Waals surface area contributed by atoms with E-state index in [1.165, 1.54) is 12.0 Å². The van der Waals surface area contributed by atoms with E-state index in [0.717, 1.165) is 6.54 Å². The topological polar surface area (TPSA) is 3.88 Å². The minimum atomic E-state index is 0.640. The third-order valence-corrected chi connectivity index (χ3v) is 2.07. The van der Waals surface area contributed by atoms with Crippen molar-refractivity contribution in [2.45, 2.75) is 39.7 Å². The van der Waals surface area contributed by atoms with Gasteiger partial charge in [0.25, 0.3) is 0 Å². The van der Waals surface area contributed by atoms with Crippen LogP contribution in [-0.2, 0) is 6.54 Å². The highest BCUT2D eigenvalue weighted by molar-refractivity contribution is 5.11. The lowest BCUT2D eigenvalue weighted by molar-refractivity contribution is -0.697. The number of nitrogens with zero attached hydrogens (tertiary/aromatic N) is 1. The van der Waals surface area contributed by atoms with Crippen molar-refractivity contribution in [3.8, 4) is 0 Å². The minimum absolute atomic E-state index is 0.640. The zero-order chi connectivity index (χ0) is 8.97. The molecule has 0 fully saturated rings. The molecular formula is C11H18N+. The maximum atomic E-state index is 2.23. The second kappa shape index (κ2) is 4.24. The SMILES string of the molecule is CCC[n+]1ccc(C(C)C)cc1. The molecule has 1 aromatic rings. The van der Waals surface area contributed by atoms with Gasteiger partial charge in [-0.3, -0.25) is 0 Å². The molecule has 0 aliphatic heterocycles. The van der Waals surface area contributed by atoms with Gasteiger partial charge in [-0.1, -0.05) is 20.8 Å². The minimum Gasteiger partial charge on any atom is -0.205 e. The van der Waals surface area contributed by atoms with Gasteiger partial charge in [-0.25, -0.2) is 4.57 Å². The fourth-order valence-electron chi connectivity index (χ4n) is 1.26. The molecule has 1 heterocycles. The zero-order valence-electron chi connectivity index (χ0n) is 8.25. The van der Waals surface area contributed by atoms with Crippen LogP contribution < -0.4 is 4.57 Å². The van der Waals surface area contributed by atoms with Crippen molar-refractivity contribution < 1.29 is 4.57 Å². The van der Waals surface area contributed by atoms with E-state index in [1.807, 2.05) is 0 Å². The lowest BCUT2D eigenvalue weighted by Crippen LogP contribution is -2.32. The first-order valence-electron chi connectivity index (χ1n) is 4.73. The summed E-state index contributed by atoms with van der Waals surface area (Å²) in [5, 5.41) is 0. The first-order valence-corrected chi connectivity index (χ1v) is 4.73. The average Bonchev–Trinajstić information content (AvgIpc) is 2.06. The van der Waals surface area contributed by atoms with E-state index in [0.29, 0.717) is 5.92 Å². The van der Waals surface area contributed by atoms with Crippen molar-refractivity contribution in [1.82, 2.24) is 0 Å². The van der Waals surface area contributed by atoms with Gasteiger partial charge in [0, 0.05) is 18.6 Å². The van der Waals surface area contributed by atoms with Crippen LogP contribution in [0.5, 0.6) is 0 Å². The van der Waals surface area contributed by atoms with E-state index >= 15 is 0 Å². The molecule has 66 valence electrons. The Morgan fingerprint density at radius 3 is 2.25 bits per heavy atom. The number of rotatable bonds is 3. The van der Waals surface area contributed by atoms with Crippen LogP contribution in [0.2, 0.25) is 0 Å². The van der Waals surface area contributed by atoms with Gasteiger partial charge >= 0.3 is 0 Å². The Hall–Kier alpha value is -0.850. The normalized spacial score (nSPS) is 10.7.